The second-order valence-corrected chi connectivity index (χ2v) is 18.9. The normalized spacial score (nSPS) is 41.4. The molecule has 4 fully saturated rings. The van der Waals surface area contributed by atoms with Crippen LogP contribution in [-0.2, 0) is 21.2 Å². The van der Waals surface area contributed by atoms with E-state index in [0.29, 0.717) is 29.4 Å². The van der Waals surface area contributed by atoms with Crippen molar-refractivity contribution in [2.24, 2.45) is 52.3 Å². The second-order valence-electron chi connectivity index (χ2n) is 17.2. The molecule has 9 heteroatoms. The maximum absolute atomic E-state index is 13.3. The van der Waals surface area contributed by atoms with Gasteiger partial charge in [0.2, 0.25) is 0 Å². The molecule has 3 N–H and O–H groups in total. The summed E-state index contributed by atoms with van der Waals surface area (Å²) in [6.45, 7) is 13.6. The van der Waals surface area contributed by atoms with E-state index in [1.807, 2.05) is 0 Å². The summed E-state index contributed by atoms with van der Waals surface area (Å²) >= 11 is 0. The highest BCUT2D eigenvalue weighted by molar-refractivity contribution is 7.90. The van der Waals surface area contributed by atoms with Gasteiger partial charge in [0.05, 0.1) is 23.7 Å². The lowest BCUT2D eigenvalue weighted by Gasteiger charge is -2.64. The molecule has 0 saturated heterocycles. The van der Waals surface area contributed by atoms with Crippen LogP contribution >= 0.6 is 0 Å². The monoisotopic (exact) mass is 687 g/mol. The number of carbonyl (C=O) groups excluding carboxylic acids is 1. The van der Waals surface area contributed by atoms with Gasteiger partial charge in [-0.1, -0.05) is 47.5 Å². The van der Waals surface area contributed by atoms with E-state index >= 15 is 0 Å². The molecule has 5 aliphatic rings. The fourth-order valence-electron chi connectivity index (χ4n) is 12.1. The lowest BCUT2D eigenvalue weighted by atomic mass is 9.41. The molecule has 0 bridgehead atoms. The molecule has 1 aromatic carbocycles. The van der Waals surface area contributed by atoms with Crippen molar-refractivity contribution in [1.82, 2.24) is 4.72 Å². The molecule has 0 radical (unpaired) electrons. The maximum atomic E-state index is 13.3. The van der Waals surface area contributed by atoms with Crippen molar-refractivity contribution in [3.8, 4) is 5.75 Å². The molecule has 0 spiro atoms. The summed E-state index contributed by atoms with van der Waals surface area (Å²) in [5, 5.41) is 22.5. The molecule has 12 atom stereocenters. The van der Waals surface area contributed by atoms with E-state index in [4.69, 9.17) is 9.47 Å². The van der Waals surface area contributed by atoms with E-state index in [-0.39, 0.29) is 57.9 Å². The van der Waals surface area contributed by atoms with Gasteiger partial charge < -0.3 is 19.7 Å². The number of rotatable bonds is 8. The van der Waals surface area contributed by atoms with Crippen molar-refractivity contribution in [1.29, 1.82) is 0 Å². The summed E-state index contributed by atoms with van der Waals surface area (Å²) in [5.74, 6) is 2.80. The number of benzene rings is 1. The lowest BCUT2D eigenvalue weighted by Crippen LogP contribution is -2.62. The van der Waals surface area contributed by atoms with Crippen LogP contribution in [-0.4, -0.2) is 49.1 Å². The number of hydrogen-bond acceptors (Lipinski definition) is 7. The number of aryl methyl sites for hydroxylation is 1. The molecule has 1 heterocycles. The van der Waals surface area contributed by atoms with Crippen molar-refractivity contribution < 1.29 is 32.9 Å². The van der Waals surface area contributed by atoms with E-state index in [1.165, 1.54) is 6.07 Å². The Balaban J connectivity index is 1.09. The number of fused-ring (bicyclic) bond motifs is 6. The molecule has 270 valence electrons. The van der Waals surface area contributed by atoms with Gasteiger partial charge in [-0.25, -0.2) is 17.9 Å². The van der Waals surface area contributed by atoms with Crippen molar-refractivity contribution in [3.05, 3.63) is 23.8 Å². The van der Waals surface area contributed by atoms with Gasteiger partial charge in [0.1, 0.15) is 11.4 Å². The maximum Gasteiger partial charge on any atom is 0.421 e. The molecule has 1 unspecified atom stereocenters. The van der Waals surface area contributed by atoms with Gasteiger partial charge in [-0.05, 0) is 154 Å². The Morgan fingerprint density at radius 2 is 1.75 bits per heavy atom. The molecule has 1 amide bonds. The summed E-state index contributed by atoms with van der Waals surface area (Å²) in [6.07, 6.45) is 10.8. The van der Waals surface area contributed by atoms with Gasteiger partial charge in [-0.3, -0.25) is 0 Å². The molecule has 6 rings (SSSR count). The highest BCUT2D eigenvalue weighted by Gasteiger charge is 2.65. The SMILES string of the molecule is CCCC1(C)CCCc2cc(S(=O)(=O)NC(=O)OC[C@@H](C)[C@H]3CC[C@H]4[C@@H]5[C@H](O)[C@H](CC)[C@@H]6C[C@H](O)CC[C@]6(C)[C@H]5CC[C@]34C)ccc2O1. The zero-order chi connectivity index (χ0) is 34.6. The predicted molar refractivity (Wildman–Crippen MR) is 186 cm³/mol. The molecule has 0 aromatic heterocycles. The minimum atomic E-state index is -4.11. The fourth-order valence-corrected chi connectivity index (χ4v) is 13.1. The van der Waals surface area contributed by atoms with Gasteiger partial charge >= 0.3 is 6.09 Å². The van der Waals surface area contributed by atoms with Crippen molar-refractivity contribution >= 4 is 16.1 Å². The first-order chi connectivity index (χ1) is 22.7. The van der Waals surface area contributed by atoms with E-state index in [2.05, 4.69) is 46.3 Å². The summed E-state index contributed by atoms with van der Waals surface area (Å²) in [5.41, 5.74) is 0.767. The number of hydrogen-bond donors (Lipinski definition) is 3. The highest BCUT2D eigenvalue weighted by Crippen LogP contribution is 2.69. The first-order valence-corrected chi connectivity index (χ1v) is 20.5. The molecule has 1 aliphatic heterocycles. The number of amides is 1. The van der Waals surface area contributed by atoms with Gasteiger partial charge in [-0.2, -0.15) is 0 Å². The summed E-state index contributed by atoms with van der Waals surface area (Å²) < 4.78 is 40.6. The molecule has 4 aliphatic carbocycles. The van der Waals surface area contributed by atoms with Crippen LogP contribution in [0.15, 0.2) is 23.1 Å². The average molecular weight is 688 g/mol. The molecule has 1 aromatic rings. The van der Waals surface area contributed by atoms with Gasteiger partial charge in [0.15, 0.2) is 0 Å². The number of aliphatic hydroxyl groups excluding tert-OH is 2. The molecule has 4 saturated carbocycles. The van der Waals surface area contributed by atoms with E-state index in [1.54, 1.807) is 12.1 Å². The third-order valence-corrected chi connectivity index (χ3v) is 15.8. The Morgan fingerprint density at radius 3 is 2.48 bits per heavy atom. The summed E-state index contributed by atoms with van der Waals surface area (Å²) in [6, 6.07) is 4.85. The second kappa shape index (κ2) is 13.4. The van der Waals surface area contributed by atoms with Crippen LogP contribution in [0.5, 0.6) is 5.75 Å². The quantitative estimate of drug-likeness (QED) is 0.257. The Labute approximate surface area is 289 Å². The summed E-state index contributed by atoms with van der Waals surface area (Å²) in [4.78, 5) is 13.0. The van der Waals surface area contributed by atoms with E-state index in [9.17, 15) is 23.4 Å². The molecule has 48 heavy (non-hydrogen) atoms. The Hall–Kier alpha value is -1.84. The third-order valence-electron chi connectivity index (χ3n) is 14.5. The zero-order valence-corrected chi connectivity index (χ0v) is 31.0. The standard InChI is InChI=1S/C39H61NO7S/c1-7-17-37(4)18-9-10-25-21-27(11-14-33(25)47-37)48(44,45)40-36(43)46-23-24(3)29-12-13-30-34-31(16-20-38(29,30)5)39(6)19-15-26(41)22-32(39)28(8-2)35(34)42/h11,14,21,24,26,28-32,34-35,41-42H,7-10,12-13,15-20,22-23H2,1-6H3,(H,40,43)/t24-,26-,28-,29-,30+,31+,32+,34+,35-,37?,38-,39-/m1/s1. The smallest absolute Gasteiger partial charge is 0.421 e. The Morgan fingerprint density at radius 1 is 1.02 bits per heavy atom. The zero-order valence-electron chi connectivity index (χ0n) is 30.2. The lowest BCUT2D eigenvalue weighted by molar-refractivity contribution is -0.203. The Bertz CT molecular complexity index is 1450. The first-order valence-electron chi connectivity index (χ1n) is 19.0. The third kappa shape index (κ3) is 6.31. The Kier molecular flexibility index (Phi) is 10.0. The van der Waals surface area contributed by atoms with Crippen LogP contribution in [0.25, 0.3) is 0 Å². The average Bonchev–Trinajstić information content (AvgIpc) is 3.29. The molecular weight excluding hydrogens is 626 g/mol. The summed E-state index contributed by atoms with van der Waals surface area (Å²) in [7, 11) is -4.11. The van der Waals surface area contributed by atoms with E-state index < -0.39 is 16.1 Å². The first kappa shape index (κ1) is 36.0. The van der Waals surface area contributed by atoms with E-state index in [0.717, 1.165) is 89.0 Å². The van der Waals surface area contributed by atoms with Crippen LogP contribution in [0.3, 0.4) is 0 Å². The minimum Gasteiger partial charge on any atom is -0.487 e. The topological polar surface area (TPSA) is 122 Å². The number of aliphatic hydroxyl groups is 2. The van der Waals surface area contributed by atoms with Crippen molar-refractivity contribution in [2.45, 2.75) is 148 Å². The minimum absolute atomic E-state index is 0.0280. The number of ether oxygens (including phenoxy) is 2. The highest BCUT2D eigenvalue weighted by atomic mass is 32.2. The number of nitrogens with one attached hydrogen (secondary N) is 1. The number of carbonyl (C=O) groups is 1. The predicted octanol–water partition coefficient (Wildman–Crippen LogP) is 7.64. The van der Waals surface area contributed by atoms with Crippen LogP contribution in [0, 0.1) is 52.3 Å². The molecular formula is C39H61NO7S. The number of sulfonamides is 1. The van der Waals surface area contributed by atoms with Crippen molar-refractivity contribution in [3.63, 3.8) is 0 Å². The van der Waals surface area contributed by atoms with Crippen LogP contribution < -0.4 is 9.46 Å². The van der Waals surface area contributed by atoms with Gasteiger partial charge in [0, 0.05) is 0 Å². The fraction of sp³-hybridized carbons (Fsp3) is 0.821. The van der Waals surface area contributed by atoms with Crippen molar-refractivity contribution in [2.75, 3.05) is 6.61 Å². The van der Waals surface area contributed by atoms with Gasteiger partial charge in [0.25, 0.3) is 10.0 Å². The molecule has 8 nitrogen and oxygen atoms in total. The van der Waals surface area contributed by atoms with Crippen LogP contribution in [0.4, 0.5) is 4.79 Å². The van der Waals surface area contributed by atoms with Crippen LogP contribution in [0.1, 0.15) is 124 Å². The van der Waals surface area contributed by atoms with Crippen LogP contribution in [0.2, 0.25) is 0 Å². The largest absolute Gasteiger partial charge is 0.487 e. The van der Waals surface area contributed by atoms with Gasteiger partial charge in [-0.15, -0.1) is 0 Å².